The zero-order valence-corrected chi connectivity index (χ0v) is 10.4. The number of halogens is 3. The summed E-state index contributed by atoms with van der Waals surface area (Å²) in [6.07, 6.45) is 0. The molecule has 0 amide bonds. The molecule has 0 saturated carbocycles. The molecule has 2 nitrogen and oxygen atoms in total. The SMILES string of the molecule is O=S(=O)(Cc1ccc(F)c(F)c1)c1ccccc1F. The van der Waals surface area contributed by atoms with Crippen LogP contribution in [0.1, 0.15) is 5.56 Å². The van der Waals surface area contributed by atoms with Gasteiger partial charge in [0.1, 0.15) is 10.7 Å². The molecule has 0 atom stereocenters. The molecule has 0 fully saturated rings. The minimum Gasteiger partial charge on any atom is -0.223 e. The highest BCUT2D eigenvalue weighted by Gasteiger charge is 2.19. The molecule has 0 N–H and O–H groups in total. The third-order valence-electron chi connectivity index (χ3n) is 2.51. The molecule has 0 heterocycles. The van der Waals surface area contributed by atoms with Crippen LogP contribution in [0.3, 0.4) is 0 Å². The lowest BCUT2D eigenvalue weighted by molar-refractivity contribution is 0.507. The topological polar surface area (TPSA) is 34.1 Å². The lowest BCUT2D eigenvalue weighted by Crippen LogP contribution is -2.07. The molecule has 0 saturated heterocycles. The van der Waals surface area contributed by atoms with Crippen molar-refractivity contribution in [3.8, 4) is 0 Å². The predicted molar refractivity (Wildman–Crippen MR) is 63.6 cm³/mol. The molecule has 0 aromatic heterocycles. The van der Waals surface area contributed by atoms with Crippen LogP contribution in [0.4, 0.5) is 13.2 Å². The molecule has 2 aromatic rings. The quantitative estimate of drug-likeness (QED) is 0.869. The molecule has 0 bridgehead atoms. The average molecular weight is 286 g/mol. The number of benzene rings is 2. The van der Waals surface area contributed by atoms with E-state index in [0.29, 0.717) is 0 Å². The van der Waals surface area contributed by atoms with E-state index < -0.39 is 37.9 Å². The second-order valence-corrected chi connectivity index (χ2v) is 5.90. The first kappa shape index (κ1) is 13.6. The monoisotopic (exact) mass is 286 g/mol. The van der Waals surface area contributed by atoms with E-state index in [1.54, 1.807) is 0 Å². The molecule has 0 aliphatic rings. The van der Waals surface area contributed by atoms with E-state index in [9.17, 15) is 21.6 Å². The third-order valence-corrected chi connectivity index (χ3v) is 4.23. The van der Waals surface area contributed by atoms with Gasteiger partial charge in [-0.3, -0.25) is 0 Å². The summed E-state index contributed by atoms with van der Waals surface area (Å²) >= 11 is 0. The fraction of sp³-hybridized carbons (Fsp3) is 0.0769. The Morgan fingerprint density at radius 2 is 1.53 bits per heavy atom. The molecule has 2 aromatic carbocycles. The van der Waals surface area contributed by atoms with Gasteiger partial charge < -0.3 is 0 Å². The van der Waals surface area contributed by atoms with Gasteiger partial charge in [0, 0.05) is 0 Å². The molecule has 0 aliphatic carbocycles. The van der Waals surface area contributed by atoms with Crippen LogP contribution in [0.5, 0.6) is 0 Å². The van der Waals surface area contributed by atoms with Gasteiger partial charge in [0.05, 0.1) is 5.75 Å². The second-order valence-electron chi connectivity index (χ2n) is 3.94. The fourth-order valence-electron chi connectivity index (χ4n) is 1.62. The first-order chi connectivity index (χ1) is 8.90. The van der Waals surface area contributed by atoms with Gasteiger partial charge >= 0.3 is 0 Å². The van der Waals surface area contributed by atoms with E-state index in [1.807, 2.05) is 0 Å². The molecule has 6 heteroatoms. The van der Waals surface area contributed by atoms with Crippen molar-refractivity contribution >= 4 is 9.84 Å². The molecule has 100 valence electrons. The van der Waals surface area contributed by atoms with Crippen molar-refractivity contribution in [2.24, 2.45) is 0 Å². The Labute approximate surface area is 108 Å². The Balaban J connectivity index is 2.37. The van der Waals surface area contributed by atoms with Crippen LogP contribution in [-0.4, -0.2) is 8.42 Å². The van der Waals surface area contributed by atoms with Crippen LogP contribution in [0, 0.1) is 17.5 Å². The first-order valence-corrected chi connectivity index (χ1v) is 6.96. The Bertz CT molecular complexity index is 712. The highest BCUT2D eigenvalue weighted by molar-refractivity contribution is 7.90. The summed E-state index contributed by atoms with van der Waals surface area (Å²) in [5.74, 6) is -3.66. The zero-order chi connectivity index (χ0) is 14.0. The summed E-state index contributed by atoms with van der Waals surface area (Å²) in [6.45, 7) is 0. The van der Waals surface area contributed by atoms with Gasteiger partial charge in [0.25, 0.3) is 0 Å². The van der Waals surface area contributed by atoms with Crippen LogP contribution in [0.15, 0.2) is 47.4 Å². The van der Waals surface area contributed by atoms with E-state index in [1.165, 1.54) is 12.1 Å². The van der Waals surface area contributed by atoms with Crippen LogP contribution >= 0.6 is 0 Å². The van der Waals surface area contributed by atoms with E-state index in [-0.39, 0.29) is 5.56 Å². The average Bonchev–Trinajstić information content (AvgIpc) is 2.34. The first-order valence-electron chi connectivity index (χ1n) is 5.31. The fourth-order valence-corrected chi connectivity index (χ4v) is 3.05. The Hall–Kier alpha value is -1.82. The summed E-state index contributed by atoms with van der Waals surface area (Å²) in [4.78, 5) is -0.459. The van der Waals surface area contributed by atoms with Crippen molar-refractivity contribution in [3.63, 3.8) is 0 Å². The molecular formula is C13H9F3O2S. The van der Waals surface area contributed by atoms with Gasteiger partial charge in [-0.25, -0.2) is 21.6 Å². The van der Waals surface area contributed by atoms with Gasteiger partial charge in [0.2, 0.25) is 0 Å². The summed E-state index contributed by atoms with van der Waals surface area (Å²) in [6, 6.07) is 7.68. The zero-order valence-electron chi connectivity index (χ0n) is 9.61. The number of rotatable bonds is 3. The lowest BCUT2D eigenvalue weighted by atomic mass is 10.2. The molecule has 19 heavy (non-hydrogen) atoms. The largest absolute Gasteiger partial charge is 0.223 e. The Morgan fingerprint density at radius 3 is 2.16 bits per heavy atom. The number of hydrogen-bond acceptors (Lipinski definition) is 2. The van der Waals surface area contributed by atoms with Crippen molar-refractivity contribution < 1.29 is 21.6 Å². The molecular weight excluding hydrogens is 277 g/mol. The van der Waals surface area contributed by atoms with Crippen molar-refractivity contribution in [2.45, 2.75) is 10.6 Å². The van der Waals surface area contributed by atoms with Crippen molar-refractivity contribution in [1.82, 2.24) is 0 Å². The summed E-state index contributed by atoms with van der Waals surface area (Å²) < 4.78 is 63.1. The lowest BCUT2D eigenvalue weighted by Gasteiger charge is -2.06. The molecule has 2 rings (SSSR count). The van der Waals surface area contributed by atoms with Crippen LogP contribution in [0.25, 0.3) is 0 Å². The number of hydrogen-bond donors (Lipinski definition) is 0. The molecule has 0 unspecified atom stereocenters. The van der Waals surface area contributed by atoms with Crippen molar-refractivity contribution in [2.75, 3.05) is 0 Å². The summed E-state index contributed by atoms with van der Waals surface area (Å²) in [5.41, 5.74) is 0.0575. The van der Waals surface area contributed by atoms with Gasteiger partial charge in [0.15, 0.2) is 21.5 Å². The van der Waals surface area contributed by atoms with Gasteiger partial charge in [-0.2, -0.15) is 0 Å². The van der Waals surface area contributed by atoms with Crippen LogP contribution in [-0.2, 0) is 15.6 Å². The van der Waals surface area contributed by atoms with Gasteiger partial charge in [-0.05, 0) is 29.8 Å². The Kier molecular flexibility index (Phi) is 3.61. The third kappa shape index (κ3) is 2.96. The molecule has 0 spiro atoms. The second kappa shape index (κ2) is 5.05. The predicted octanol–water partition coefficient (Wildman–Crippen LogP) is 3.08. The van der Waals surface area contributed by atoms with Crippen molar-refractivity contribution in [3.05, 3.63) is 65.5 Å². The highest BCUT2D eigenvalue weighted by atomic mass is 32.2. The van der Waals surface area contributed by atoms with E-state index in [2.05, 4.69) is 0 Å². The van der Waals surface area contributed by atoms with Crippen molar-refractivity contribution in [1.29, 1.82) is 0 Å². The smallest absolute Gasteiger partial charge is 0.185 e. The normalized spacial score (nSPS) is 11.5. The van der Waals surface area contributed by atoms with E-state index >= 15 is 0 Å². The minimum absolute atomic E-state index is 0.0575. The highest BCUT2D eigenvalue weighted by Crippen LogP contribution is 2.20. The maximum absolute atomic E-state index is 13.4. The molecule has 0 radical (unpaired) electrons. The maximum atomic E-state index is 13.4. The van der Waals surface area contributed by atoms with Gasteiger partial charge in [-0.15, -0.1) is 0 Å². The van der Waals surface area contributed by atoms with E-state index in [0.717, 1.165) is 30.3 Å². The van der Waals surface area contributed by atoms with E-state index in [4.69, 9.17) is 0 Å². The summed E-state index contributed by atoms with van der Waals surface area (Å²) in [5, 5.41) is 0. The maximum Gasteiger partial charge on any atom is 0.185 e. The van der Waals surface area contributed by atoms with Crippen LogP contribution < -0.4 is 0 Å². The minimum atomic E-state index is -3.94. The number of sulfone groups is 1. The standard InChI is InChI=1S/C13H9F3O2S/c14-10-6-5-9(7-12(10)16)8-19(17,18)13-4-2-1-3-11(13)15/h1-7H,8H2. The molecule has 0 aliphatic heterocycles. The van der Waals surface area contributed by atoms with Gasteiger partial charge in [-0.1, -0.05) is 18.2 Å². The summed E-state index contributed by atoms with van der Waals surface area (Å²) in [7, 11) is -3.94. The Morgan fingerprint density at radius 1 is 0.842 bits per heavy atom. The van der Waals surface area contributed by atoms with Crippen LogP contribution in [0.2, 0.25) is 0 Å².